The first kappa shape index (κ1) is 19.6. The molecule has 0 aromatic carbocycles. The number of likely N-dealkylation sites (N-methyl/N-ethyl adjacent to an activating group) is 1. The fourth-order valence-electron chi connectivity index (χ4n) is 4.38. The van der Waals surface area contributed by atoms with E-state index in [1.807, 2.05) is 13.8 Å². The number of carbonyl (C=O) groups is 1. The highest BCUT2D eigenvalue weighted by atomic mass is 32.1. The van der Waals surface area contributed by atoms with Gasteiger partial charge in [-0.1, -0.05) is 5.16 Å². The summed E-state index contributed by atoms with van der Waals surface area (Å²) in [6, 6.07) is 0.470. The lowest BCUT2D eigenvalue weighted by Crippen LogP contribution is -2.47. The standard InChI is InChI=1S/C21H30N4O2S/c1-14-18(15(2)27-22-14)11-24-9-7-17-19(13-28-20(17)12-24)21(26)25-8-5-6-16(10-25)23(3)4/h13,16H,5-12H2,1-4H3. The van der Waals surface area contributed by atoms with Crippen molar-refractivity contribution in [2.75, 3.05) is 33.7 Å². The summed E-state index contributed by atoms with van der Waals surface area (Å²) in [5.74, 6) is 1.13. The van der Waals surface area contributed by atoms with Gasteiger partial charge in [-0.05, 0) is 52.8 Å². The Kier molecular flexibility index (Phi) is 5.58. The number of carbonyl (C=O) groups excluding carboxylic acids is 1. The van der Waals surface area contributed by atoms with Crippen LogP contribution in [-0.2, 0) is 19.5 Å². The molecule has 1 fully saturated rings. The molecule has 2 aromatic rings. The van der Waals surface area contributed by atoms with Crippen molar-refractivity contribution in [3.63, 3.8) is 0 Å². The fourth-order valence-corrected chi connectivity index (χ4v) is 5.49. The van der Waals surface area contributed by atoms with E-state index in [-0.39, 0.29) is 5.91 Å². The zero-order valence-corrected chi connectivity index (χ0v) is 18.1. The van der Waals surface area contributed by atoms with Crippen LogP contribution < -0.4 is 0 Å². The van der Waals surface area contributed by atoms with Crippen LogP contribution in [0.2, 0.25) is 0 Å². The Labute approximate surface area is 171 Å². The molecule has 0 bridgehead atoms. The van der Waals surface area contributed by atoms with E-state index < -0.39 is 0 Å². The highest BCUT2D eigenvalue weighted by Gasteiger charge is 2.30. The summed E-state index contributed by atoms with van der Waals surface area (Å²) in [5, 5.41) is 6.16. The molecule has 152 valence electrons. The van der Waals surface area contributed by atoms with E-state index in [0.29, 0.717) is 6.04 Å². The summed E-state index contributed by atoms with van der Waals surface area (Å²) in [6.07, 6.45) is 3.20. The SMILES string of the molecule is Cc1noc(C)c1CN1CCc2c(C(=O)N3CCCC(N(C)C)C3)csc2C1. The van der Waals surface area contributed by atoms with E-state index in [1.54, 1.807) is 11.3 Å². The van der Waals surface area contributed by atoms with Gasteiger partial charge in [-0.3, -0.25) is 9.69 Å². The van der Waals surface area contributed by atoms with E-state index in [4.69, 9.17) is 4.52 Å². The van der Waals surface area contributed by atoms with E-state index in [2.05, 4.69) is 39.3 Å². The van der Waals surface area contributed by atoms with E-state index in [9.17, 15) is 4.79 Å². The highest BCUT2D eigenvalue weighted by Crippen LogP contribution is 2.31. The van der Waals surface area contributed by atoms with Gasteiger partial charge in [0.1, 0.15) is 5.76 Å². The number of amides is 1. The molecule has 0 spiro atoms. The predicted octanol–water partition coefficient (Wildman–Crippen LogP) is 3.08. The van der Waals surface area contributed by atoms with Gasteiger partial charge in [0.25, 0.3) is 5.91 Å². The average Bonchev–Trinajstić information content (AvgIpc) is 3.25. The fraction of sp³-hybridized carbons (Fsp3) is 0.619. The van der Waals surface area contributed by atoms with Crippen LogP contribution in [0.25, 0.3) is 0 Å². The number of hydrogen-bond acceptors (Lipinski definition) is 6. The van der Waals surface area contributed by atoms with Crippen LogP contribution in [-0.4, -0.2) is 65.5 Å². The van der Waals surface area contributed by atoms with E-state index >= 15 is 0 Å². The number of aromatic nitrogens is 1. The molecule has 1 amide bonds. The quantitative estimate of drug-likeness (QED) is 0.787. The lowest BCUT2D eigenvalue weighted by molar-refractivity contribution is 0.0634. The number of hydrogen-bond donors (Lipinski definition) is 0. The number of likely N-dealkylation sites (tertiary alicyclic amines) is 1. The highest BCUT2D eigenvalue weighted by molar-refractivity contribution is 7.10. The second kappa shape index (κ2) is 7.97. The van der Waals surface area contributed by atoms with Gasteiger partial charge in [0.15, 0.2) is 0 Å². The topological polar surface area (TPSA) is 52.8 Å². The van der Waals surface area contributed by atoms with Crippen LogP contribution >= 0.6 is 11.3 Å². The third kappa shape index (κ3) is 3.75. The second-order valence-corrected chi connectivity index (χ2v) is 9.29. The van der Waals surface area contributed by atoms with Gasteiger partial charge in [0, 0.05) is 54.6 Å². The number of nitrogens with zero attached hydrogens (tertiary/aromatic N) is 4. The molecule has 28 heavy (non-hydrogen) atoms. The second-order valence-electron chi connectivity index (χ2n) is 8.33. The van der Waals surface area contributed by atoms with Gasteiger partial charge in [0.05, 0.1) is 11.3 Å². The summed E-state index contributed by atoms with van der Waals surface area (Å²) >= 11 is 1.74. The number of thiophene rings is 1. The van der Waals surface area contributed by atoms with Crippen LogP contribution in [0.4, 0.5) is 0 Å². The predicted molar refractivity (Wildman–Crippen MR) is 111 cm³/mol. The zero-order valence-electron chi connectivity index (χ0n) is 17.3. The molecule has 2 aromatic heterocycles. The Balaban J connectivity index is 1.46. The molecule has 2 aliphatic rings. The van der Waals surface area contributed by atoms with Crippen molar-refractivity contribution in [3.05, 3.63) is 38.4 Å². The van der Waals surface area contributed by atoms with Crippen molar-refractivity contribution in [2.24, 2.45) is 0 Å². The minimum absolute atomic E-state index is 0.225. The lowest BCUT2D eigenvalue weighted by atomic mass is 9.99. The number of fused-ring (bicyclic) bond motifs is 1. The van der Waals surface area contributed by atoms with Crippen LogP contribution in [0.3, 0.4) is 0 Å². The van der Waals surface area contributed by atoms with Crippen LogP contribution in [0, 0.1) is 13.8 Å². The molecule has 1 saturated heterocycles. The summed E-state index contributed by atoms with van der Waals surface area (Å²) < 4.78 is 5.31. The van der Waals surface area contributed by atoms with Gasteiger partial charge < -0.3 is 14.3 Å². The Morgan fingerprint density at radius 1 is 1.36 bits per heavy atom. The van der Waals surface area contributed by atoms with Gasteiger partial charge >= 0.3 is 0 Å². The minimum atomic E-state index is 0.225. The molecule has 2 aliphatic heterocycles. The molecule has 1 unspecified atom stereocenters. The maximum Gasteiger partial charge on any atom is 0.255 e. The first-order chi connectivity index (χ1) is 13.4. The normalized spacial score (nSPS) is 20.6. The molecule has 0 aliphatic carbocycles. The number of aryl methyl sites for hydroxylation is 2. The van der Waals surface area contributed by atoms with E-state index in [1.165, 1.54) is 22.4 Å². The van der Waals surface area contributed by atoms with Crippen molar-refractivity contribution in [3.8, 4) is 0 Å². The van der Waals surface area contributed by atoms with Crippen LogP contribution in [0.15, 0.2) is 9.90 Å². The number of rotatable bonds is 4. The van der Waals surface area contributed by atoms with Crippen LogP contribution in [0.5, 0.6) is 0 Å². The monoisotopic (exact) mass is 402 g/mol. The average molecular weight is 403 g/mol. The van der Waals surface area contributed by atoms with Gasteiger partial charge in [-0.2, -0.15) is 0 Å². The first-order valence-electron chi connectivity index (χ1n) is 10.1. The molecule has 0 saturated carbocycles. The number of piperidine rings is 1. The minimum Gasteiger partial charge on any atom is -0.361 e. The zero-order chi connectivity index (χ0) is 19.8. The summed E-state index contributed by atoms with van der Waals surface area (Å²) in [4.78, 5) is 21.3. The molecule has 1 atom stereocenters. The van der Waals surface area contributed by atoms with Crippen molar-refractivity contribution in [1.82, 2.24) is 19.9 Å². The van der Waals surface area contributed by atoms with Gasteiger partial charge in [-0.25, -0.2) is 0 Å². The van der Waals surface area contributed by atoms with Crippen molar-refractivity contribution in [2.45, 2.75) is 52.2 Å². The molecule has 6 nitrogen and oxygen atoms in total. The summed E-state index contributed by atoms with van der Waals surface area (Å²) in [5.41, 5.74) is 4.39. The molecular weight excluding hydrogens is 372 g/mol. The molecule has 0 radical (unpaired) electrons. The smallest absolute Gasteiger partial charge is 0.255 e. The van der Waals surface area contributed by atoms with E-state index in [0.717, 1.165) is 62.6 Å². The van der Waals surface area contributed by atoms with Crippen molar-refractivity contribution < 1.29 is 9.32 Å². The van der Waals surface area contributed by atoms with Crippen molar-refractivity contribution >= 4 is 17.2 Å². The maximum atomic E-state index is 13.2. The molecule has 0 N–H and O–H groups in total. The third-order valence-corrected chi connectivity index (χ3v) is 7.25. The van der Waals surface area contributed by atoms with Gasteiger partial charge in [0.2, 0.25) is 0 Å². The largest absolute Gasteiger partial charge is 0.361 e. The first-order valence-corrected chi connectivity index (χ1v) is 11.0. The third-order valence-electron chi connectivity index (χ3n) is 6.23. The van der Waals surface area contributed by atoms with Crippen molar-refractivity contribution in [1.29, 1.82) is 0 Å². The summed E-state index contributed by atoms with van der Waals surface area (Å²) in [7, 11) is 4.22. The molecule has 4 heterocycles. The lowest BCUT2D eigenvalue weighted by Gasteiger charge is -2.36. The Bertz CT molecular complexity index is 837. The Hall–Kier alpha value is -1.70. The Morgan fingerprint density at radius 2 is 2.18 bits per heavy atom. The molecule has 7 heteroatoms. The molecular formula is C21H30N4O2S. The van der Waals surface area contributed by atoms with Crippen LogP contribution in [0.1, 0.15) is 50.7 Å². The maximum absolute atomic E-state index is 13.2. The molecule has 4 rings (SSSR count). The Morgan fingerprint density at radius 3 is 2.89 bits per heavy atom. The van der Waals surface area contributed by atoms with Gasteiger partial charge in [-0.15, -0.1) is 11.3 Å². The summed E-state index contributed by atoms with van der Waals surface area (Å²) in [6.45, 7) is 8.43.